The maximum atomic E-state index is 12.0. The molecule has 0 atom stereocenters. The van der Waals surface area contributed by atoms with Gasteiger partial charge in [0.15, 0.2) is 0 Å². The molecule has 0 fully saturated rings. The van der Waals surface area contributed by atoms with Crippen LogP contribution in [0.1, 0.15) is 18.1 Å². The third kappa shape index (κ3) is 5.43. The first-order chi connectivity index (χ1) is 11.6. The highest BCUT2D eigenvalue weighted by molar-refractivity contribution is 5.86. The van der Waals surface area contributed by atoms with Crippen molar-refractivity contribution in [3.63, 3.8) is 0 Å². The number of carbonyl (C=O) groups excluding carboxylic acids is 2. The number of nitrogens with zero attached hydrogens (tertiary/aromatic N) is 1. The summed E-state index contributed by atoms with van der Waals surface area (Å²) >= 11 is 0. The molecule has 0 aliphatic carbocycles. The zero-order valence-corrected chi connectivity index (χ0v) is 14.1. The summed E-state index contributed by atoms with van der Waals surface area (Å²) in [6.45, 7) is 4.55. The zero-order valence-electron chi connectivity index (χ0n) is 14.1. The van der Waals surface area contributed by atoms with E-state index in [2.05, 4.69) is 10.7 Å². The minimum absolute atomic E-state index is 0.0476. The monoisotopic (exact) mass is 325 g/mol. The number of rotatable bonds is 7. The standard InChI is InChI=1S/C19H23N3O2/c1-3-22(17-11-9-15(2)10-12-17)21-19(24)14-20-18(23)13-16-7-5-4-6-8-16/h4-12H,3,13-14H2,1-2H3,(H,20,23)(H,21,24). The molecule has 126 valence electrons. The number of aryl methyl sites for hydroxylation is 1. The van der Waals surface area contributed by atoms with Crippen LogP contribution in [0.3, 0.4) is 0 Å². The minimum Gasteiger partial charge on any atom is -0.347 e. The van der Waals surface area contributed by atoms with E-state index in [0.29, 0.717) is 6.54 Å². The first-order valence-corrected chi connectivity index (χ1v) is 8.03. The Morgan fingerprint density at radius 2 is 1.62 bits per heavy atom. The molecule has 0 bridgehead atoms. The molecule has 0 heterocycles. The van der Waals surface area contributed by atoms with Gasteiger partial charge in [0.2, 0.25) is 5.91 Å². The Kier molecular flexibility index (Phi) is 6.37. The average Bonchev–Trinajstić information content (AvgIpc) is 2.59. The van der Waals surface area contributed by atoms with Crippen molar-refractivity contribution < 1.29 is 9.59 Å². The molecule has 5 nitrogen and oxygen atoms in total. The third-order valence-corrected chi connectivity index (χ3v) is 3.58. The van der Waals surface area contributed by atoms with Crippen LogP contribution in [0, 0.1) is 6.92 Å². The number of nitrogens with one attached hydrogen (secondary N) is 2. The first kappa shape index (κ1) is 17.5. The Labute approximate surface area is 142 Å². The smallest absolute Gasteiger partial charge is 0.257 e. The summed E-state index contributed by atoms with van der Waals surface area (Å²) in [4.78, 5) is 23.9. The molecule has 2 amide bonds. The van der Waals surface area contributed by atoms with Gasteiger partial charge in [-0.2, -0.15) is 0 Å². The fourth-order valence-electron chi connectivity index (χ4n) is 2.26. The molecule has 0 radical (unpaired) electrons. The summed E-state index contributed by atoms with van der Waals surface area (Å²) in [5.74, 6) is -0.423. The minimum atomic E-state index is -0.251. The van der Waals surface area contributed by atoms with Gasteiger partial charge in [0.05, 0.1) is 18.7 Å². The van der Waals surface area contributed by atoms with E-state index in [0.717, 1.165) is 16.8 Å². The number of benzene rings is 2. The van der Waals surface area contributed by atoms with Crippen LogP contribution in [0.2, 0.25) is 0 Å². The van der Waals surface area contributed by atoms with Crippen molar-refractivity contribution >= 4 is 17.5 Å². The lowest BCUT2D eigenvalue weighted by molar-refractivity contribution is -0.125. The Hall–Kier alpha value is -2.82. The first-order valence-electron chi connectivity index (χ1n) is 8.03. The van der Waals surface area contributed by atoms with E-state index in [4.69, 9.17) is 0 Å². The van der Waals surface area contributed by atoms with Gasteiger partial charge in [-0.3, -0.25) is 20.0 Å². The highest BCUT2D eigenvalue weighted by Crippen LogP contribution is 2.12. The van der Waals surface area contributed by atoms with E-state index in [1.807, 2.05) is 68.4 Å². The summed E-state index contributed by atoms with van der Waals surface area (Å²) in [6.07, 6.45) is 0.267. The molecule has 2 aromatic rings. The van der Waals surface area contributed by atoms with Gasteiger partial charge in [0.1, 0.15) is 0 Å². The van der Waals surface area contributed by atoms with E-state index < -0.39 is 0 Å². The van der Waals surface area contributed by atoms with Gasteiger partial charge in [0.25, 0.3) is 5.91 Å². The van der Waals surface area contributed by atoms with Gasteiger partial charge in [-0.25, -0.2) is 0 Å². The molecule has 2 rings (SSSR count). The number of hydrazine groups is 1. The lowest BCUT2D eigenvalue weighted by Crippen LogP contribution is -2.47. The second-order valence-corrected chi connectivity index (χ2v) is 5.55. The van der Waals surface area contributed by atoms with Gasteiger partial charge >= 0.3 is 0 Å². The summed E-state index contributed by atoms with van der Waals surface area (Å²) in [5.41, 5.74) is 5.79. The molecule has 0 unspecified atom stereocenters. The highest BCUT2D eigenvalue weighted by Gasteiger charge is 2.10. The van der Waals surface area contributed by atoms with Crippen molar-refractivity contribution in [2.75, 3.05) is 18.1 Å². The lowest BCUT2D eigenvalue weighted by atomic mass is 10.1. The summed E-state index contributed by atoms with van der Waals surface area (Å²) in [5, 5.41) is 4.40. The average molecular weight is 325 g/mol. The molecular weight excluding hydrogens is 302 g/mol. The van der Waals surface area contributed by atoms with Crippen LogP contribution in [-0.4, -0.2) is 24.9 Å². The molecule has 0 spiro atoms. The number of hydrogen-bond acceptors (Lipinski definition) is 3. The van der Waals surface area contributed by atoms with Gasteiger partial charge in [0, 0.05) is 6.54 Å². The van der Waals surface area contributed by atoms with Gasteiger partial charge < -0.3 is 5.32 Å². The molecule has 0 saturated heterocycles. The van der Waals surface area contributed by atoms with Gasteiger partial charge in [-0.1, -0.05) is 48.0 Å². The van der Waals surface area contributed by atoms with Crippen LogP contribution in [0.25, 0.3) is 0 Å². The molecule has 2 aromatic carbocycles. The predicted molar refractivity (Wildman–Crippen MR) is 95.5 cm³/mol. The molecule has 0 aliphatic heterocycles. The Balaban J connectivity index is 1.81. The fourth-order valence-corrected chi connectivity index (χ4v) is 2.26. The number of anilines is 1. The normalized spacial score (nSPS) is 10.1. The third-order valence-electron chi connectivity index (χ3n) is 3.58. The quantitative estimate of drug-likeness (QED) is 0.767. The van der Waals surface area contributed by atoms with E-state index in [-0.39, 0.29) is 24.8 Å². The van der Waals surface area contributed by atoms with Gasteiger partial charge in [-0.15, -0.1) is 0 Å². The van der Waals surface area contributed by atoms with Crippen molar-refractivity contribution in [1.29, 1.82) is 0 Å². The van der Waals surface area contributed by atoms with Crippen LogP contribution in [0.4, 0.5) is 5.69 Å². The topological polar surface area (TPSA) is 61.4 Å². The Morgan fingerprint density at radius 1 is 0.958 bits per heavy atom. The van der Waals surface area contributed by atoms with Crippen LogP contribution < -0.4 is 15.8 Å². The number of amides is 2. The molecular formula is C19H23N3O2. The number of carbonyl (C=O) groups is 2. The van der Waals surface area contributed by atoms with E-state index in [1.165, 1.54) is 0 Å². The van der Waals surface area contributed by atoms with Gasteiger partial charge in [-0.05, 0) is 31.5 Å². The summed E-state index contributed by atoms with van der Waals surface area (Å²) in [7, 11) is 0. The van der Waals surface area contributed by atoms with E-state index >= 15 is 0 Å². The maximum Gasteiger partial charge on any atom is 0.257 e. The van der Waals surface area contributed by atoms with Crippen LogP contribution in [0.5, 0.6) is 0 Å². The molecule has 0 aliphatic rings. The molecule has 0 saturated carbocycles. The van der Waals surface area contributed by atoms with Crippen molar-refractivity contribution in [3.05, 3.63) is 65.7 Å². The van der Waals surface area contributed by atoms with Crippen molar-refractivity contribution in [1.82, 2.24) is 10.7 Å². The van der Waals surface area contributed by atoms with E-state index in [9.17, 15) is 9.59 Å². The Bertz CT molecular complexity index is 669. The zero-order chi connectivity index (χ0) is 17.4. The fraction of sp³-hybridized carbons (Fsp3) is 0.263. The number of hydrogen-bond donors (Lipinski definition) is 2. The van der Waals surface area contributed by atoms with Crippen LogP contribution in [-0.2, 0) is 16.0 Å². The molecule has 0 aromatic heterocycles. The molecule has 24 heavy (non-hydrogen) atoms. The second-order valence-electron chi connectivity index (χ2n) is 5.55. The lowest BCUT2D eigenvalue weighted by Gasteiger charge is -2.24. The summed E-state index contributed by atoms with van der Waals surface area (Å²) in [6, 6.07) is 17.3. The second kappa shape index (κ2) is 8.72. The molecule has 2 N–H and O–H groups in total. The SMILES string of the molecule is CCN(NC(=O)CNC(=O)Cc1ccccc1)c1ccc(C)cc1. The molecule has 5 heteroatoms. The van der Waals surface area contributed by atoms with Crippen molar-refractivity contribution in [2.45, 2.75) is 20.3 Å². The largest absolute Gasteiger partial charge is 0.347 e. The summed E-state index contributed by atoms with van der Waals surface area (Å²) < 4.78 is 0. The van der Waals surface area contributed by atoms with Crippen LogP contribution >= 0.6 is 0 Å². The Morgan fingerprint density at radius 3 is 2.25 bits per heavy atom. The van der Waals surface area contributed by atoms with Crippen LogP contribution in [0.15, 0.2) is 54.6 Å². The highest BCUT2D eigenvalue weighted by atomic mass is 16.2. The van der Waals surface area contributed by atoms with Crippen molar-refractivity contribution in [2.24, 2.45) is 0 Å². The predicted octanol–water partition coefficient (Wildman–Crippen LogP) is 2.21. The van der Waals surface area contributed by atoms with Crippen molar-refractivity contribution in [3.8, 4) is 0 Å². The maximum absolute atomic E-state index is 12.0. The van der Waals surface area contributed by atoms with E-state index in [1.54, 1.807) is 5.01 Å².